The zero-order chi connectivity index (χ0) is 12.8. The van der Waals surface area contributed by atoms with Crippen LogP contribution in [0.4, 0.5) is 4.39 Å². The Bertz CT molecular complexity index is 433. The maximum Gasteiger partial charge on any atom is 0.116 e. The zero-order valence-electron chi connectivity index (χ0n) is 10.7. The third-order valence-electron chi connectivity index (χ3n) is 2.57. The lowest BCUT2D eigenvalue weighted by Crippen LogP contribution is -1.88. The largest absolute Gasteiger partial charge is 0.208 e. The van der Waals surface area contributed by atoms with Gasteiger partial charge >= 0.3 is 0 Å². The van der Waals surface area contributed by atoms with Crippen LogP contribution in [0.2, 0.25) is 0 Å². The molecule has 0 atom stereocenters. The van der Waals surface area contributed by atoms with Gasteiger partial charge in [-0.25, -0.2) is 4.39 Å². The van der Waals surface area contributed by atoms with E-state index in [1.165, 1.54) is 11.6 Å². The fourth-order valence-corrected chi connectivity index (χ4v) is 1.64. The van der Waals surface area contributed by atoms with E-state index in [4.69, 9.17) is 0 Å². The van der Waals surface area contributed by atoms with E-state index in [0.29, 0.717) is 5.92 Å². The standard InChI is InChI=1S/C16H19F/c1-5-6-16(11-13(4)17)15-9-7-14(8-10-15)12(2)3/h5-12H,4H2,1-3H3/b6-5-,16-11+. The van der Waals surface area contributed by atoms with Crippen molar-refractivity contribution in [2.45, 2.75) is 26.7 Å². The smallest absolute Gasteiger partial charge is 0.116 e. The molecule has 0 aliphatic rings. The Hall–Kier alpha value is -1.63. The molecule has 1 aromatic rings. The lowest BCUT2D eigenvalue weighted by Gasteiger charge is -2.07. The predicted octanol–water partition coefficient (Wildman–Crippen LogP) is 5.25. The van der Waals surface area contributed by atoms with Crippen LogP contribution in [-0.2, 0) is 0 Å². The van der Waals surface area contributed by atoms with Crippen molar-refractivity contribution in [1.82, 2.24) is 0 Å². The molecule has 0 spiro atoms. The Morgan fingerprint density at radius 1 is 1.24 bits per heavy atom. The molecule has 0 saturated carbocycles. The van der Waals surface area contributed by atoms with Crippen LogP contribution in [0.15, 0.2) is 54.9 Å². The molecule has 17 heavy (non-hydrogen) atoms. The summed E-state index contributed by atoms with van der Waals surface area (Å²) in [6, 6.07) is 8.20. The molecule has 0 heterocycles. The predicted molar refractivity (Wildman–Crippen MR) is 73.6 cm³/mol. The third kappa shape index (κ3) is 4.03. The number of allylic oxidation sites excluding steroid dienone is 5. The summed E-state index contributed by atoms with van der Waals surface area (Å²) in [7, 11) is 0. The van der Waals surface area contributed by atoms with Gasteiger partial charge in [-0.3, -0.25) is 0 Å². The van der Waals surface area contributed by atoms with Crippen LogP contribution in [-0.4, -0.2) is 0 Å². The Morgan fingerprint density at radius 3 is 2.24 bits per heavy atom. The topological polar surface area (TPSA) is 0 Å². The number of hydrogen-bond donors (Lipinski definition) is 0. The second-order valence-electron chi connectivity index (χ2n) is 4.32. The van der Waals surface area contributed by atoms with Gasteiger partial charge in [-0.15, -0.1) is 0 Å². The van der Waals surface area contributed by atoms with Gasteiger partial charge in [-0.1, -0.05) is 56.8 Å². The fourth-order valence-electron chi connectivity index (χ4n) is 1.64. The van der Waals surface area contributed by atoms with Crippen LogP contribution in [0, 0.1) is 0 Å². The molecule has 0 N–H and O–H groups in total. The number of benzene rings is 1. The minimum atomic E-state index is -0.425. The number of hydrogen-bond acceptors (Lipinski definition) is 0. The third-order valence-corrected chi connectivity index (χ3v) is 2.57. The van der Waals surface area contributed by atoms with Crippen molar-refractivity contribution in [3.05, 3.63) is 66.0 Å². The molecule has 1 rings (SSSR count). The van der Waals surface area contributed by atoms with Crippen molar-refractivity contribution in [1.29, 1.82) is 0 Å². The molecule has 0 unspecified atom stereocenters. The summed E-state index contributed by atoms with van der Waals surface area (Å²) in [5, 5.41) is 0. The van der Waals surface area contributed by atoms with Crippen molar-refractivity contribution in [2.24, 2.45) is 0 Å². The highest BCUT2D eigenvalue weighted by atomic mass is 19.1. The molecular formula is C16H19F. The molecule has 0 aliphatic carbocycles. The van der Waals surface area contributed by atoms with Gasteiger partial charge in [0.15, 0.2) is 0 Å². The first-order valence-electron chi connectivity index (χ1n) is 5.83. The molecular weight excluding hydrogens is 211 g/mol. The van der Waals surface area contributed by atoms with Gasteiger partial charge in [-0.2, -0.15) is 0 Å². The van der Waals surface area contributed by atoms with E-state index in [2.05, 4.69) is 32.6 Å². The average molecular weight is 230 g/mol. The van der Waals surface area contributed by atoms with Gasteiger partial charge in [0.2, 0.25) is 0 Å². The van der Waals surface area contributed by atoms with Crippen molar-refractivity contribution in [2.75, 3.05) is 0 Å². The summed E-state index contributed by atoms with van der Waals surface area (Å²) in [6.07, 6.45) is 5.23. The molecule has 0 bridgehead atoms. The van der Waals surface area contributed by atoms with Crippen LogP contribution in [0.5, 0.6) is 0 Å². The average Bonchev–Trinajstić information content (AvgIpc) is 2.28. The second-order valence-corrected chi connectivity index (χ2v) is 4.32. The Kier molecular flexibility index (Phi) is 4.89. The Morgan fingerprint density at radius 2 is 1.82 bits per heavy atom. The van der Waals surface area contributed by atoms with Crippen LogP contribution in [0.25, 0.3) is 5.57 Å². The quantitative estimate of drug-likeness (QED) is 0.619. The summed E-state index contributed by atoms with van der Waals surface area (Å²) in [5.74, 6) is 0.0837. The minimum Gasteiger partial charge on any atom is -0.208 e. The first-order chi connectivity index (χ1) is 8.04. The lowest BCUT2D eigenvalue weighted by molar-refractivity contribution is 0.672. The number of halogens is 1. The maximum atomic E-state index is 12.9. The normalized spacial score (nSPS) is 12.4. The molecule has 90 valence electrons. The minimum absolute atomic E-state index is 0.425. The SMILES string of the molecule is C=C(F)/C=C(\C=C/C)c1ccc(C(C)C)cc1. The van der Waals surface area contributed by atoms with Crippen molar-refractivity contribution in [3.8, 4) is 0 Å². The highest BCUT2D eigenvalue weighted by Crippen LogP contribution is 2.21. The maximum absolute atomic E-state index is 12.9. The van der Waals surface area contributed by atoms with E-state index in [-0.39, 0.29) is 0 Å². The molecule has 0 aromatic heterocycles. The van der Waals surface area contributed by atoms with Crippen LogP contribution < -0.4 is 0 Å². The summed E-state index contributed by atoms with van der Waals surface area (Å²) in [4.78, 5) is 0. The van der Waals surface area contributed by atoms with E-state index in [9.17, 15) is 4.39 Å². The van der Waals surface area contributed by atoms with Gasteiger partial charge in [0.25, 0.3) is 0 Å². The van der Waals surface area contributed by atoms with Crippen molar-refractivity contribution >= 4 is 5.57 Å². The van der Waals surface area contributed by atoms with E-state index in [1.54, 1.807) is 0 Å². The van der Waals surface area contributed by atoms with Crippen LogP contribution in [0.1, 0.15) is 37.8 Å². The van der Waals surface area contributed by atoms with E-state index < -0.39 is 5.83 Å². The fraction of sp³-hybridized carbons (Fsp3) is 0.250. The van der Waals surface area contributed by atoms with Gasteiger partial charge in [0.05, 0.1) is 0 Å². The monoisotopic (exact) mass is 230 g/mol. The number of rotatable bonds is 4. The first-order valence-corrected chi connectivity index (χ1v) is 5.83. The Labute approximate surface area is 103 Å². The molecule has 0 aliphatic heterocycles. The molecule has 1 aromatic carbocycles. The van der Waals surface area contributed by atoms with Crippen molar-refractivity contribution in [3.63, 3.8) is 0 Å². The molecule has 1 heteroatoms. The van der Waals surface area contributed by atoms with Crippen LogP contribution >= 0.6 is 0 Å². The zero-order valence-corrected chi connectivity index (χ0v) is 10.7. The molecule has 0 radical (unpaired) electrons. The molecule has 0 saturated heterocycles. The lowest BCUT2D eigenvalue weighted by atomic mass is 9.98. The van der Waals surface area contributed by atoms with Crippen molar-refractivity contribution < 1.29 is 4.39 Å². The first kappa shape index (κ1) is 13.4. The summed E-state index contributed by atoms with van der Waals surface area (Å²) >= 11 is 0. The van der Waals surface area contributed by atoms with E-state index >= 15 is 0 Å². The molecule has 0 amide bonds. The van der Waals surface area contributed by atoms with E-state index in [1.807, 2.05) is 31.2 Å². The molecule has 0 fully saturated rings. The van der Waals surface area contributed by atoms with Gasteiger partial charge in [-0.05, 0) is 35.6 Å². The second kappa shape index (κ2) is 6.19. The molecule has 0 nitrogen and oxygen atoms in total. The highest BCUT2D eigenvalue weighted by Gasteiger charge is 2.01. The summed E-state index contributed by atoms with van der Waals surface area (Å²) in [5.41, 5.74) is 3.13. The summed E-state index contributed by atoms with van der Waals surface area (Å²) in [6.45, 7) is 9.49. The highest BCUT2D eigenvalue weighted by molar-refractivity contribution is 5.75. The van der Waals surface area contributed by atoms with Gasteiger partial charge < -0.3 is 0 Å². The van der Waals surface area contributed by atoms with Gasteiger partial charge in [0, 0.05) is 0 Å². The van der Waals surface area contributed by atoms with Crippen LogP contribution in [0.3, 0.4) is 0 Å². The Balaban J connectivity index is 3.08. The van der Waals surface area contributed by atoms with Gasteiger partial charge in [0.1, 0.15) is 5.83 Å². The van der Waals surface area contributed by atoms with E-state index in [0.717, 1.165) is 11.1 Å². The summed E-state index contributed by atoms with van der Waals surface area (Å²) < 4.78 is 12.9.